The highest BCUT2D eigenvalue weighted by atomic mass is 16.3. The van der Waals surface area contributed by atoms with Gasteiger partial charge in [-0.3, -0.25) is 4.79 Å². The lowest BCUT2D eigenvalue weighted by atomic mass is 10.1. The molecule has 0 aliphatic carbocycles. The van der Waals surface area contributed by atoms with Crippen LogP contribution < -0.4 is 5.73 Å². The molecule has 18 heavy (non-hydrogen) atoms. The van der Waals surface area contributed by atoms with E-state index in [4.69, 9.17) is 5.73 Å². The number of benzene rings is 1. The van der Waals surface area contributed by atoms with E-state index in [1.807, 2.05) is 19.9 Å². The van der Waals surface area contributed by atoms with Crippen LogP contribution in [-0.2, 0) is 11.2 Å². The zero-order valence-corrected chi connectivity index (χ0v) is 11.1. The van der Waals surface area contributed by atoms with Gasteiger partial charge in [0.05, 0.1) is 6.42 Å². The van der Waals surface area contributed by atoms with Crippen LogP contribution in [0.1, 0.15) is 19.4 Å². The molecule has 1 unspecified atom stereocenters. The van der Waals surface area contributed by atoms with Gasteiger partial charge in [-0.15, -0.1) is 0 Å². The topological polar surface area (TPSA) is 66.6 Å². The van der Waals surface area contributed by atoms with E-state index < -0.39 is 0 Å². The highest BCUT2D eigenvalue weighted by molar-refractivity contribution is 5.79. The number of amides is 1. The van der Waals surface area contributed by atoms with Crippen LogP contribution in [0.15, 0.2) is 24.3 Å². The Morgan fingerprint density at radius 3 is 2.67 bits per heavy atom. The number of para-hydroxylation sites is 1. The molecule has 0 saturated heterocycles. The standard InChI is InChI=1S/C14H22N2O2/c1-3-16(10-11(2)9-15)14(18)8-12-6-4-5-7-13(12)17/h4-7,11,17H,3,8-10,15H2,1-2H3. The molecule has 0 heterocycles. The fourth-order valence-electron chi connectivity index (χ4n) is 1.79. The van der Waals surface area contributed by atoms with Crippen molar-refractivity contribution < 1.29 is 9.90 Å². The van der Waals surface area contributed by atoms with Gasteiger partial charge in [-0.25, -0.2) is 0 Å². The number of hydrogen-bond acceptors (Lipinski definition) is 3. The van der Waals surface area contributed by atoms with Gasteiger partial charge in [-0.05, 0) is 25.5 Å². The molecule has 4 nitrogen and oxygen atoms in total. The predicted octanol–water partition coefficient (Wildman–Crippen LogP) is 1.38. The van der Waals surface area contributed by atoms with Crippen LogP contribution in [0.3, 0.4) is 0 Å². The first kappa shape index (κ1) is 14.5. The number of carbonyl (C=O) groups excluding carboxylic acids is 1. The number of aromatic hydroxyl groups is 1. The van der Waals surface area contributed by atoms with E-state index in [1.54, 1.807) is 23.1 Å². The van der Waals surface area contributed by atoms with Gasteiger partial charge in [0.1, 0.15) is 5.75 Å². The molecule has 4 heteroatoms. The molecular formula is C14H22N2O2. The van der Waals surface area contributed by atoms with Crippen molar-refractivity contribution in [2.75, 3.05) is 19.6 Å². The van der Waals surface area contributed by atoms with Gasteiger partial charge in [0, 0.05) is 18.7 Å². The number of phenols is 1. The normalized spacial score (nSPS) is 12.2. The zero-order valence-electron chi connectivity index (χ0n) is 11.1. The largest absolute Gasteiger partial charge is 0.508 e. The maximum Gasteiger partial charge on any atom is 0.227 e. The summed E-state index contributed by atoms with van der Waals surface area (Å²) in [5, 5.41) is 9.65. The Kier molecular flexibility index (Phi) is 5.65. The Morgan fingerprint density at radius 1 is 1.44 bits per heavy atom. The first-order valence-corrected chi connectivity index (χ1v) is 6.33. The summed E-state index contributed by atoms with van der Waals surface area (Å²) in [6.07, 6.45) is 0.234. The summed E-state index contributed by atoms with van der Waals surface area (Å²) in [6, 6.07) is 6.94. The summed E-state index contributed by atoms with van der Waals surface area (Å²) in [4.78, 5) is 13.9. The van der Waals surface area contributed by atoms with Crippen LogP contribution in [-0.4, -0.2) is 35.5 Å². The fraction of sp³-hybridized carbons (Fsp3) is 0.500. The van der Waals surface area contributed by atoms with E-state index in [0.717, 1.165) is 0 Å². The van der Waals surface area contributed by atoms with Crippen LogP contribution in [0.5, 0.6) is 5.75 Å². The molecule has 3 N–H and O–H groups in total. The maximum absolute atomic E-state index is 12.1. The van der Waals surface area contributed by atoms with E-state index in [-0.39, 0.29) is 18.1 Å². The van der Waals surface area contributed by atoms with Crippen molar-refractivity contribution in [2.45, 2.75) is 20.3 Å². The molecular weight excluding hydrogens is 228 g/mol. The molecule has 0 aromatic heterocycles. The van der Waals surface area contributed by atoms with Crippen molar-refractivity contribution in [3.63, 3.8) is 0 Å². The van der Waals surface area contributed by atoms with Gasteiger partial charge in [0.15, 0.2) is 0 Å². The number of likely N-dealkylation sites (N-methyl/N-ethyl adjacent to an activating group) is 1. The summed E-state index contributed by atoms with van der Waals surface area (Å²) < 4.78 is 0. The van der Waals surface area contributed by atoms with Gasteiger partial charge in [0.25, 0.3) is 0 Å². The van der Waals surface area contributed by atoms with E-state index in [9.17, 15) is 9.90 Å². The second-order valence-corrected chi connectivity index (χ2v) is 4.58. The minimum atomic E-state index is 0.0271. The first-order chi connectivity index (χ1) is 8.58. The molecule has 0 aliphatic rings. The molecule has 100 valence electrons. The predicted molar refractivity (Wildman–Crippen MR) is 72.3 cm³/mol. The second kappa shape index (κ2) is 7.01. The highest BCUT2D eigenvalue weighted by Crippen LogP contribution is 2.17. The zero-order chi connectivity index (χ0) is 13.5. The molecule has 0 fully saturated rings. The molecule has 1 amide bonds. The van der Waals surface area contributed by atoms with E-state index in [1.165, 1.54) is 0 Å². The van der Waals surface area contributed by atoms with Crippen LogP contribution >= 0.6 is 0 Å². The lowest BCUT2D eigenvalue weighted by molar-refractivity contribution is -0.130. The molecule has 1 rings (SSSR count). The smallest absolute Gasteiger partial charge is 0.227 e. The summed E-state index contributed by atoms with van der Waals surface area (Å²) >= 11 is 0. The molecule has 1 aromatic carbocycles. The summed E-state index contributed by atoms with van der Waals surface area (Å²) in [5.41, 5.74) is 6.24. The Balaban J connectivity index is 2.65. The summed E-state index contributed by atoms with van der Waals surface area (Å²) in [5.74, 6) is 0.492. The number of nitrogens with two attached hydrogens (primary N) is 1. The Bertz CT molecular complexity index is 393. The van der Waals surface area contributed by atoms with Crippen molar-refractivity contribution in [3.05, 3.63) is 29.8 Å². The van der Waals surface area contributed by atoms with Crippen LogP contribution in [0.4, 0.5) is 0 Å². The molecule has 0 aliphatic heterocycles. The molecule has 1 aromatic rings. The molecule has 0 bridgehead atoms. The second-order valence-electron chi connectivity index (χ2n) is 4.58. The highest BCUT2D eigenvalue weighted by Gasteiger charge is 2.15. The number of rotatable bonds is 6. The maximum atomic E-state index is 12.1. The number of carbonyl (C=O) groups is 1. The van der Waals surface area contributed by atoms with E-state index >= 15 is 0 Å². The quantitative estimate of drug-likeness (QED) is 0.801. The SMILES string of the molecule is CCN(CC(C)CN)C(=O)Cc1ccccc1O. The third-order valence-electron chi connectivity index (χ3n) is 3.00. The Labute approximate surface area is 108 Å². The lowest BCUT2D eigenvalue weighted by Crippen LogP contribution is -2.37. The third-order valence-corrected chi connectivity index (χ3v) is 3.00. The van der Waals surface area contributed by atoms with E-state index in [2.05, 4.69) is 0 Å². The molecule has 0 spiro atoms. The minimum absolute atomic E-state index is 0.0271. The van der Waals surface area contributed by atoms with Crippen LogP contribution in [0, 0.1) is 5.92 Å². The Hall–Kier alpha value is -1.55. The van der Waals surface area contributed by atoms with Crippen molar-refractivity contribution in [1.29, 1.82) is 0 Å². The van der Waals surface area contributed by atoms with Gasteiger partial charge in [0.2, 0.25) is 5.91 Å². The molecule has 1 atom stereocenters. The van der Waals surface area contributed by atoms with Gasteiger partial charge >= 0.3 is 0 Å². The summed E-state index contributed by atoms with van der Waals surface area (Å²) in [7, 11) is 0. The third kappa shape index (κ3) is 4.04. The van der Waals surface area contributed by atoms with E-state index in [0.29, 0.717) is 31.1 Å². The van der Waals surface area contributed by atoms with Crippen molar-refractivity contribution >= 4 is 5.91 Å². The number of hydrogen-bond donors (Lipinski definition) is 2. The van der Waals surface area contributed by atoms with Crippen molar-refractivity contribution in [2.24, 2.45) is 11.7 Å². The molecule has 0 saturated carbocycles. The average molecular weight is 250 g/mol. The Morgan fingerprint density at radius 2 is 2.11 bits per heavy atom. The van der Waals surface area contributed by atoms with Crippen molar-refractivity contribution in [3.8, 4) is 5.75 Å². The monoisotopic (exact) mass is 250 g/mol. The lowest BCUT2D eigenvalue weighted by Gasteiger charge is -2.24. The van der Waals surface area contributed by atoms with Gasteiger partial charge in [-0.2, -0.15) is 0 Å². The number of nitrogens with zero attached hydrogens (tertiary/aromatic N) is 1. The van der Waals surface area contributed by atoms with Crippen molar-refractivity contribution in [1.82, 2.24) is 4.90 Å². The van der Waals surface area contributed by atoms with Gasteiger partial charge < -0.3 is 15.7 Å². The van der Waals surface area contributed by atoms with Crippen LogP contribution in [0.25, 0.3) is 0 Å². The number of phenolic OH excluding ortho intramolecular Hbond substituents is 1. The average Bonchev–Trinajstić information content (AvgIpc) is 2.38. The molecule has 0 radical (unpaired) electrons. The first-order valence-electron chi connectivity index (χ1n) is 6.33. The van der Waals surface area contributed by atoms with Crippen LogP contribution in [0.2, 0.25) is 0 Å². The van der Waals surface area contributed by atoms with Gasteiger partial charge in [-0.1, -0.05) is 25.1 Å². The minimum Gasteiger partial charge on any atom is -0.508 e. The fourth-order valence-corrected chi connectivity index (χ4v) is 1.79. The summed E-state index contributed by atoms with van der Waals surface area (Å²) in [6.45, 7) is 5.87.